The fourth-order valence-electron chi connectivity index (χ4n) is 1.43. The van der Waals surface area contributed by atoms with Gasteiger partial charge in [-0.2, -0.15) is 0 Å². The van der Waals surface area contributed by atoms with Gasteiger partial charge in [0.1, 0.15) is 0 Å². The Kier molecular flexibility index (Phi) is 2.63. The molecule has 0 aromatic carbocycles. The third-order valence-electron chi connectivity index (χ3n) is 2.20. The van der Waals surface area contributed by atoms with Gasteiger partial charge in [-0.3, -0.25) is 4.99 Å². The van der Waals surface area contributed by atoms with E-state index in [0.717, 1.165) is 11.1 Å². The Morgan fingerprint density at radius 2 is 2.07 bits per heavy atom. The lowest BCUT2D eigenvalue weighted by Crippen LogP contribution is -2.02. The summed E-state index contributed by atoms with van der Waals surface area (Å²) in [5.41, 5.74) is 1.88. The molecule has 0 radical (unpaired) electrons. The van der Waals surface area contributed by atoms with Crippen molar-refractivity contribution in [3.63, 3.8) is 0 Å². The third kappa shape index (κ3) is 2.27. The van der Waals surface area contributed by atoms with Gasteiger partial charge in [0.25, 0.3) is 9.05 Å². The maximum Gasteiger partial charge on any atom is 0.257 e. The van der Waals surface area contributed by atoms with Crippen LogP contribution in [0.4, 0.5) is 0 Å². The van der Waals surface area contributed by atoms with E-state index in [0.29, 0.717) is 6.42 Å². The van der Waals surface area contributed by atoms with Gasteiger partial charge in [0.15, 0.2) is 0 Å². The number of rotatable bonds is 1. The highest BCUT2D eigenvalue weighted by molar-refractivity contribution is 8.16. The fraction of sp³-hybridized carbons (Fsp3) is 0.100. The van der Waals surface area contributed by atoms with Crippen LogP contribution in [-0.2, 0) is 9.05 Å². The van der Waals surface area contributed by atoms with Crippen LogP contribution in [0.1, 0.15) is 6.42 Å². The first-order valence-electron chi connectivity index (χ1n) is 4.32. The van der Waals surface area contributed by atoms with Crippen molar-refractivity contribution < 1.29 is 8.42 Å². The van der Waals surface area contributed by atoms with Crippen LogP contribution in [0.3, 0.4) is 0 Å². The quantitative estimate of drug-likeness (QED) is 0.662. The van der Waals surface area contributed by atoms with Crippen molar-refractivity contribution in [3.8, 4) is 0 Å². The second kappa shape index (κ2) is 3.79. The zero-order valence-corrected chi connectivity index (χ0v) is 9.29. The molecule has 0 N–H and O–H groups in total. The molecule has 1 heterocycles. The van der Waals surface area contributed by atoms with Crippen molar-refractivity contribution >= 4 is 25.9 Å². The topological polar surface area (TPSA) is 46.5 Å². The van der Waals surface area contributed by atoms with Crippen molar-refractivity contribution in [3.05, 3.63) is 46.6 Å². The first-order chi connectivity index (χ1) is 7.07. The predicted octanol–water partition coefficient (Wildman–Crippen LogP) is 2.29. The molecule has 0 amide bonds. The second-order valence-electron chi connectivity index (χ2n) is 3.18. The van der Waals surface area contributed by atoms with E-state index < -0.39 is 9.05 Å². The molecule has 3 nitrogen and oxygen atoms in total. The lowest BCUT2D eigenvalue weighted by Gasteiger charge is -2.12. The van der Waals surface area contributed by atoms with Crippen LogP contribution >= 0.6 is 10.7 Å². The minimum atomic E-state index is -3.61. The molecule has 0 aromatic heterocycles. The van der Waals surface area contributed by atoms with E-state index in [-0.39, 0.29) is 4.91 Å². The minimum absolute atomic E-state index is 0.225. The number of hydrogen-bond donors (Lipinski definition) is 0. The Bertz CT molecular complexity index is 536. The van der Waals surface area contributed by atoms with E-state index in [1.165, 1.54) is 6.08 Å². The van der Waals surface area contributed by atoms with E-state index in [1.807, 2.05) is 6.08 Å². The number of hydrogen-bond acceptors (Lipinski definition) is 3. The molecule has 0 spiro atoms. The van der Waals surface area contributed by atoms with Crippen molar-refractivity contribution in [2.75, 3.05) is 0 Å². The van der Waals surface area contributed by atoms with Gasteiger partial charge in [-0.15, -0.1) is 0 Å². The summed E-state index contributed by atoms with van der Waals surface area (Å²) in [5, 5.41) is 0. The molecule has 0 aromatic rings. The smallest absolute Gasteiger partial charge is 0.257 e. The summed E-state index contributed by atoms with van der Waals surface area (Å²) >= 11 is 0. The molecule has 0 saturated carbocycles. The van der Waals surface area contributed by atoms with Gasteiger partial charge >= 0.3 is 0 Å². The maximum absolute atomic E-state index is 11.1. The molecule has 0 saturated heterocycles. The van der Waals surface area contributed by atoms with Crippen LogP contribution in [0.5, 0.6) is 0 Å². The van der Waals surface area contributed by atoms with Gasteiger partial charge < -0.3 is 0 Å². The molecule has 5 heteroatoms. The molecule has 1 aliphatic heterocycles. The van der Waals surface area contributed by atoms with Gasteiger partial charge in [-0.05, 0) is 29.4 Å². The van der Waals surface area contributed by atoms with Crippen LogP contribution < -0.4 is 0 Å². The fourth-order valence-corrected chi connectivity index (χ4v) is 2.31. The van der Waals surface area contributed by atoms with Gasteiger partial charge in [0.05, 0.1) is 4.91 Å². The van der Waals surface area contributed by atoms with E-state index >= 15 is 0 Å². The zero-order valence-electron chi connectivity index (χ0n) is 7.72. The SMILES string of the molecule is O=S(=O)(Cl)C1=CC=C2C=CN=CC=C2C1. The Morgan fingerprint density at radius 3 is 2.80 bits per heavy atom. The zero-order chi connectivity index (χ0) is 10.9. The Labute approximate surface area is 92.6 Å². The van der Waals surface area contributed by atoms with Crippen LogP contribution in [0, 0.1) is 0 Å². The third-order valence-corrected chi connectivity index (χ3v) is 3.70. The summed E-state index contributed by atoms with van der Waals surface area (Å²) in [6.45, 7) is 0. The molecular formula is C10H8ClNO2S. The number of halogens is 1. The molecule has 2 aliphatic rings. The number of nitrogens with zero attached hydrogens (tertiary/aromatic N) is 1. The van der Waals surface area contributed by atoms with Crippen molar-refractivity contribution in [2.45, 2.75) is 6.42 Å². The molecule has 2 rings (SSSR count). The second-order valence-corrected chi connectivity index (χ2v) is 5.79. The highest BCUT2D eigenvalue weighted by Crippen LogP contribution is 2.30. The average molecular weight is 242 g/mol. The summed E-state index contributed by atoms with van der Waals surface area (Å²) in [5.74, 6) is 0. The summed E-state index contributed by atoms with van der Waals surface area (Å²) in [6, 6.07) is 0. The molecule has 15 heavy (non-hydrogen) atoms. The summed E-state index contributed by atoms with van der Waals surface area (Å²) < 4.78 is 22.3. The summed E-state index contributed by atoms with van der Waals surface area (Å²) in [7, 11) is 1.67. The van der Waals surface area contributed by atoms with Gasteiger partial charge in [-0.1, -0.05) is 6.08 Å². The van der Waals surface area contributed by atoms with E-state index in [4.69, 9.17) is 10.7 Å². The summed E-state index contributed by atoms with van der Waals surface area (Å²) in [4.78, 5) is 4.18. The van der Waals surface area contributed by atoms with Gasteiger partial charge in [-0.25, -0.2) is 8.42 Å². The van der Waals surface area contributed by atoms with E-state index in [2.05, 4.69) is 4.99 Å². The van der Waals surface area contributed by atoms with Crippen LogP contribution in [0.2, 0.25) is 0 Å². The largest absolute Gasteiger partial charge is 0.265 e. The highest BCUT2D eigenvalue weighted by atomic mass is 35.7. The highest BCUT2D eigenvalue weighted by Gasteiger charge is 2.19. The van der Waals surface area contributed by atoms with Crippen molar-refractivity contribution in [1.82, 2.24) is 0 Å². The lowest BCUT2D eigenvalue weighted by molar-refractivity contribution is 0.614. The normalized spacial score (nSPS) is 19.9. The van der Waals surface area contributed by atoms with Crippen LogP contribution in [0.25, 0.3) is 0 Å². The number of aliphatic imine (C=N–C) groups is 1. The predicted molar refractivity (Wildman–Crippen MR) is 61.3 cm³/mol. The number of fused-ring (bicyclic) bond motifs is 1. The molecule has 0 unspecified atom stereocenters. The first-order valence-corrected chi connectivity index (χ1v) is 6.63. The maximum atomic E-state index is 11.1. The van der Waals surface area contributed by atoms with Gasteiger partial charge in [0.2, 0.25) is 0 Å². The van der Waals surface area contributed by atoms with Crippen molar-refractivity contribution in [2.24, 2.45) is 4.99 Å². The molecular weight excluding hydrogens is 234 g/mol. The molecule has 0 fully saturated rings. The monoisotopic (exact) mass is 241 g/mol. The number of allylic oxidation sites excluding steroid dienone is 7. The van der Waals surface area contributed by atoms with Crippen molar-refractivity contribution in [1.29, 1.82) is 0 Å². The lowest BCUT2D eigenvalue weighted by atomic mass is 9.98. The standard InChI is InChI=1S/C10H8ClNO2S/c11-15(13,14)10-2-1-8-3-5-12-6-4-9(8)7-10/h1-6H,7H2. The molecule has 0 bridgehead atoms. The Morgan fingerprint density at radius 1 is 1.27 bits per heavy atom. The van der Waals surface area contributed by atoms with E-state index in [9.17, 15) is 8.42 Å². The first kappa shape index (κ1) is 10.4. The molecule has 0 atom stereocenters. The Hall–Kier alpha value is -1.13. The van der Waals surface area contributed by atoms with Crippen LogP contribution in [-0.4, -0.2) is 14.6 Å². The Balaban J connectivity index is 2.45. The van der Waals surface area contributed by atoms with Crippen LogP contribution in [0.15, 0.2) is 51.5 Å². The molecule has 1 aliphatic carbocycles. The van der Waals surface area contributed by atoms with Gasteiger partial charge in [0, 0.05) is 29.5 Å². The van der Waals surface area contributed by atoms with E-state index in [1.54, 1.807) is 24.6 Å². The molecule has 78 valence electrons. The minimum Gasteiger partial charge on any atom is -0.265 e. The summed E-state index contributed by atoms with van der Waals surface area (Å²) in [6.07, 6.45) is 10.5. The average Bonchev–Trinajstić information content (AvgIpc) is 2.39.